The third kappa shape index (κ3) is 3.35. The number of thioether (sulfide) groups is 1. The SMILES string of the molecule is O=[N+]([O-])c1cc(C2=NC3=CN=CN(O)C3S2)ccc1Oc1ccc(O)cc1. The molecule has 0 spiro atoms. The van der Waals surface area contributed by atoms with E-state index in [0.29, 0.717) is 22.1 Å². The van der Waals surface area contributed by atoms with E-state index in [-0.39, 0.29) is 17.2 Å². The fourth-order valence-corrected chi connectivity index (χ4v) is 3.57. The largest absolute Gasteiger partial charge is 0.508 e. The van der Waals surface area contributed by atoms with Crippen molar-refractivity contribution in [2.24, 2.45) is 9.98 Å². The second kappa shape index (κ2) is 6.74. The topological polar surface area (TPSA) is 121 Å². The van der Waals surface area contributed by atoms with Crippen LogP contribution in [0.5, 0.6) is 17.2 Å². The Balaban J connectivity index is 1.65. The molecule has 4 rings (SSSR count). The van der Waals surface area contributed by atoms with Crippen LogP contribution in [0.15, 0.2) is 64.3 Å². The molecule has 0 aliphatic carbocycles. The van der Waals surface area contributed by atoms with Crippen molar-refractivity contribution in [2.75, 3.05) is 0 Å². The standard InChI is InChI=1S/C17H12N4O5S/c22-11-2-4-12(5-3-11)26-15-6-1-10(7-14(15)21(24)25)16-19-13-8-18-9-20(23)17(13)27-16/h1-9,17,22-23H. The number of hydrogen-bond donors (Lipinski definition) is 2. The van der Waals surface area contributed by atoms with E-state index in [1.807, 2.05) is 0 Å². The van der Waals surface area contributed by atoms with Crippen LogP contribution in [0.3, 0.4) is 0 Å². The van der Waals surface area contributed by atoms with Crippen LogP contribution >= 0.6 is 11.8 Å². The number of nitrogens with zero attached hydrogens (tertiary/aromatic N) is 4. The Bertz CT molecular complexity index is 1000. The Morgan fingerprint density at radius 1 is 1.22 bits per heavy atom. The smallest absolute Gasteiger partial charge is 0.312 e. The number of ether oxygens (including phenoxy) is 1. The molecule has 1 unspecified atom stereocenters. The average Bonchev–Trinajstić information content (AvgIpc) is 3.09. The van der Waals surface area contributed by atoms with Gasteiger partial charge in [-0.25, -0.2) is 15.0 Å². The Kier molecular flexibility index (Phi) is 4.26. The fraction of sp³-hybridized carbons (Fsp3) is 0.0588. The predicted molar refractivity (Wildman–Crippen MR) is 99.4 cm³/mol. The molecule has 9 nitrogen and oxygen atoms in total. The molecule has 2 aromatic rings. The zero-order valence-electron chi connectivity index (χ0n) is 13.6. The third-order valence-electron chi connectivity index (χ3n) is 3.81. The van der Waals surface area contributed by atoms with E-state index in [2.05, 4.69) is 9.98 Å². The van der Waals surface area contributed by atoms with E-state index in [1.165, 1.54) is 60.7 Å². The molecular formula is C17H12N4O5S. The highest BCUT2D eigenvalue weighted by molar-refractivity contribution is 8.15. The summed E-state index contributed by atoms with van der Waals surface area (Å²) in [6, 6.07) is 10.4. The minimum Gasteiger partial charge on any atom is -0.508 e. The summed E-state index contributed by atoms with van der Waals surface area (Å²) in [4.78, 5) is 19.2. The molecule has 136 valence electrons. The number of nitro groups is 1. The van der Waals surface area contributed by atoms with Crippen molar-refractivity contribution in [1.82, 2.24) is 5.06 Å². The van der Waals surface area contributed by atoms with Crippen LogP contribution in [0.25, 0.3) is 0 Å². The van der Waals surface area contributed by atoms with Crippen LogP contribution in [0.2, 0.25) is 0 Å². The second-order valence-corrected chi connectivity index (χ2v) is 6.69. The summed E-state index contributed by atoms with van der Waals surface area (Å²) in [6.07, 6.45) is 2.81. The summed E-state index contributed by atoms with van der Waals surface area (Å²) < 4.78 is 5.58. The molecule has 0 saturated heterocycles. The number of nitro benzene ring substituents is 1. The molecule has 2 N–H and O–H groups in total. The third-order valence-corrected chi connectivity index (χ3v) is 5.04. The lowest BCUT2D eigenvalue weighted by molar-refractivity contribution is -0.385. The number of fused-ring (bicyclic) bond motifs is 1. The molecule has 0 fully saturated rings. The second-order valence-electron chi connectivity index (χ2n) is 5.62. The number of aromatic hydroxyl groups is 1. The van der Waals surface area contributed by atoms with Gasteiger partial charge in [-0.3, -0.25) is 15.3 Å². The summed E-state index contributed by atoms with van der Waals surface area (Å²) in [6.45, 7) is 0. The number of aliphatic imine (C=N–C) groups is 2. The highest BCUT2D eigenvalue weighted by Gasteiger charge is 2.32. The summed E-state index contributed by atoms with van der Waals surface area (Å²) in [5, 5.41) is 31.7. The van der Waals surface area contributed by atoms with Gasteiger partial charge in [-0.1, -0.05) is 11.8 Å². The van der Waals surface area contributed by atoms with Gasteiger partial charge in [-0.2, -0.15) is 0 Å². The molecule has 2 heterocycles. The van der Waals surface area contributed by atoms with E-state index in [4.69, 9.17) is 4.74 Å². The van der Waals surface area contributed by atoms with Gasteiger partial charge in [0.1, 0.15) is 22.9 Å². The number of phenols is 1. The average molecular weight is 384 g/mol. The lowest BCUT2D eigenvalue weighted by atomic mass is 10.2. The molecule has 0 amide bonds. The summed E-state index contributed by atoms with van der Waals surface area (Å²) >= 11 is 1.26. The molecular weight excluding hydrogens is 372 g/mol. The molecule has 27 heavy (non-hydrogen) atoms. The molecule has 0 saturated carbocycles. The first-order valence-corrected chi connectivity index (χ1v) is 8.61. The predicted octanol–water partition coefficient (Wildman–Crippen LogP) is 3.49. The monoisotopic (exact) mass is 384 g/mol. The van der Waals surface area contributed by atoms with Gasteiger partial charge in [-0.05, 0) is 36.4 Å². The van der Waals surface area contributed by atoms with Gasteiger partial charge < -0.3 is 9.84 Å². The lowest BCUT2D eigenvalue weighted by Crippen LogP contribution is -2.29. The van der Waals surface area contributed by atoms with Crippen LogP contribution in [0.4, 0.5) is 5.69 Å². The molecule has 0 aromatic heterocycles. The van der Waals surface area contributed by atoms with E-state index in [0.717, 1.165) is 5.06 Å². The van der Waals surface area contributed by atoms with Crippen molar-refractivity contribution >= 4 is 28.8 Å². The van der Waals surface area contributed by atoms with Crippen molar-refractivity contribution in [3.8, 4) is 17.2 Å². The van der Waals surface area contributed by atoms with Gasteiger partial charge in [0.15, 0.2) is 5.37 Å². The Morgan fingerprint density at radius 3 is 2.70 bits per heavy atom. The summed E-state index contributed by atoms with van der Waals surface area (Å²) in [7, 11) is 0. The van der Waals surface area contributed by atoms with Crippen molar-refractivity contribution in [3.63, 3.8) is 0 Å². The first-order chi connectivity index (χ1) is 13.0. The maximum absolute atomic E-state index is 11.5. The highest BCUT2D eigenvalue weighted by atomic mass is 32.2. The zero-order valence-corrected chi connectivity index (χ0v) is 14.4. The molecule has 2 aliphatic rings. The minimum absolute atomic E-state index is 0.0705. The number of phenolic OH excluding ortho intramolecular Hbond substituents is 1. The summed E-state index contributed by atoms with van der Waals surface area (Å²) in [5.74, 6) is 0.503. The Labute approximate surface area is 157 Å². The van der Waals surface area contributed by atoms with Gasteiger partial charge in [0.25, 0.3) is 0 Å². The van der Waals surface area contributed by atoms with Crippen molar-refractivity contribution in [2.45, 2.75) is 5.37 Å². The van der Waals surface area contributed by atoms with Crippen LogP contribution in [0, 0.1) is 10.1 Å². The maximum atomic E-state index is 11.5. The maximum Gasteiger partial charge on any atom is 0.312 e. The van der Waals surface area contributed by atoms with Gasteiger partial charge in [0.05, 0.1) is 16.8 Å². The Morgan fingerprint density at radius 2 is 2.00 bits per heavy atom. The van der Waals surface area contributed by atoms with Crippen LogP contribution in [-0.4, -0.2) is 37.1 Å². The van der Waals surface area contributed by atoms with E-state index >= 15 is 0 Å². The van der Waals surface area contributed by atoms with Crippen LogP contribution in [0.1, 0.15) is 5.56 Å². The molecule has 2 aliphatic heterocycles. The van der Waals surface area contributed by atoms with Crippen LogP contribution in [-0.2, 0) is 0 Å². The minimum atomic E-state index is -0.535. The van der Waals surface area contributed by atoms with Gasteiger partial charge >= 0.3 is 5.69 Å². The lowest BCUT2D eigenvalue weighted by Gasteiger charge is -2.20. The first-order valence-electron chi connectivity index (χ1n) is 7.73. The fourth-order valence-electron chi connectivity index (χ4n) is 2.54. The molecule has 10 heteroatoms. The van der Waals surface area contributed by atoms with Gasteiger partial charge in [0, 0.05) is 11.6 Å². The van der Waals surface area contributed by atoms with Crippen molar-refractivity contribution < 1.29 is 20.0 Å². The normalized spacial score (nSPS) is 18.0. The highest BCUT2D eigenvalue weighted by Crippen LogP contribution is 2.39. The summed E-state index contributed by atoms with van der Waals surface area (Å²) in [5.41, 5.74) is 0.880. The van der Waals surface area contributed by atoms with E-state index < -0.39 is 10.3 Å². The molecule has 0 bridgehead atoms. The number of hydroxylamine groups is 2. The number of benzene rings is 2. The Hall–Kier alpha value is -3.37. The zero-order chi connectivity index (χ0) is 19.0. The van der Waals surface area contributed by atoms with E-state index in [9.17, 15) is 20.4 Å². The van der Waals surface area contributed by atoms with Crippen molar-refractivity contribution in [3.05, 3.63) is 70.0 Å². The molecule has 0 radical (unpaired) electrons. The number of hydrogen-bond acceptors (Lipinski definition) is 9. The quantitative estimate of drug-likeness (QED) is 0.611. The first kappa shape index (κ1) is 17.1. The molecule has 1 atom stereocenters. The number of rotatable bonds is 4. The van der Waals surface area contributed by atoms with Gasteiger partial charge in [0.2, 0.25) is 5.75 Å². The van der Waals surface area contributed by atoms with E-state index in [1.54, 1.807) is 6.07 Å². The van der Waals surface area contributed by atoms with Crippen LogP contribution < -0.4 is 4.74 Å². The van der Waals surface area contributed by atoms with Crippen molar-refractivity contribution in [1.29, 1.82) is 0 Å². The molecule has 2 aromatic carbocycles. The van der Waals surface area contributed by atoms with Gasteiger partial charge in [-0.15, -0.1) is 0 Å².